The number of hydrogen-bond acceptors (Lipinski definition) is 3. The molecule has 0 amide bonds. The number of carbonyl (C=O) groups excluding carboxylic acids is 1. The van der Waals surface area contributed by atoms with Crippen molar-refractivity contribution < 1.29 is 27.8 Å². The highest BCUT2D eigenvalue weighted by Crippen LogP contribution is 2.16. The van der Waals surface area contributed by atoms with Gasteiger partial charge in [0.1, 0.15) is 17.5 Å². The maximum atomic E-state index is 13.1. The van der Waals surface area contributed by atoms with Crippen molar-refractivity contribution >= 4 is 5.97 Å². The van der Waals surface area contributed by atoms with Gasteiger partial charge < -0.3 is 9.84 Å². The molecule has 0 saturated carbocycles. The normalized spacial score (nSPS) is 12.3. The Kier molecular flexibility index (Phi) is 3.89. The van der Waals surface area contributed by atoms with E-state index in [0.717, 1.165) is 7.11 Å². The Labute approximate surface area is 89.5 Å². The molecule has 3 nitrogen and oxygen atoms in total. The van der Waals surface area contributed by atoms with E-state index in [-0.39, 0.29) is 0 Å². The minimum absolute atomic E-state index is 0.475. The van der Waals surface area contributed by atoms with E-state index >= 15 is 0 Å². The van der Waals surface area contributed by atoms with Gasteiger partial charge in [-0.25, -0.2) is 18.0 Å². The van der Waals surface area contributed by atoms with Crippen LogP contribution in [0.1, 0.15) is 5.56 Å². The standard InChI is InChI=1S/C10H9F3O3/c1-16-10(15)9(14)4-6-7(12)2-5(11)3-8(6)13/h2-3,9,14H,4H2,1H3. The fourth-order valence-corrected chi connectivity index (χ4v) is 1.18. The van der Waals surface area contributed by atoms with E-state index in [1.165, 1.54) is 0 Å². The summed E-state index contributed by atoms with van der Waals surface area (Å²) in [7, 11) is 1.03. The third-order valence-electron chi connectivity index (χ3n) is 1.98. The summed E-state index contributed by atoms with van der Waals surface area (Å²) in [5, 5.41) is 9.19. The molecule has 1 atom stereocenters. The molecule has 1 aromatic carbocycles. The summed E-state index contributed by atoms with van der Waals surface area (Å²) in [6.45, 7) is 0. The third-order valence-corrected chi connectivity index (χ3v) is 1.98. The van der Waals surface area contributed by atoms with Crippen molar-refractivity contribution in [2.75, 3.05) is 7.11 Å². The van der Waals surface area contributed by atoms with Crippen molar-refractivity contribution in [3.05, 3.63) is 35.1 Å². The molecule has 16 heavy (non-hydrogen) atoms. The highest BCUT2D eigenvalue weighted by Gasteiger charge is 2.21. The SMILES string of the molecule is COC(=O)C(O)Cc1c(F)cc(F)cc1F. The summed E-state index contributed by atoms with van der Waals surface area (Å²) < 4.78 is 42.9. The second kappa shape index (κ2) is 4.98. The molecule has 0 aliphatic heterocycles. The molecule has 0 spiro atoms. The fraction of sp³-hybridized carbons (Fsp3) is 0.300. The van der Waals surface area contributed by atoms with Gasteiger partial charge in [0, 0.05) is 24.1 Å². The first kappa shape index (κ1) is 12.5. The first-order chi connectivity index (χ1) is 7.45. The monoisotopic (exact) mass is 234 g/mol. The Bertz CT molecular complexity index is 383. The molecule has 0 saturated heterocycles. The number of aliphatic hydroxyl groups excluding tert-OH is 1. The number of hydrogen-bond donors (Lipinski definition) is 1. The molecule has 1 rings (SSSR count). The number of rotatable bonds is 3. The lowest BCUT2D eigenvalue weighted by atomic mass is 10.1. The van der Waals surface area contributed by atoms with Crippen LogP contribution in [-0.2, 0) is 16.0 Å². The van der Waals surface area contributed by atoms with Gasteiger partial charge >= 0.3 is 5.97 Å². The first-order valence-corrected chi connectivity index (χ1v) is 4.35. The van der Waals surface area contributed by atoms with Gasteiger partial charge in [0.2, 0.25) is 0 Å². The number of halogens is 3. The molecular formula is C10H9F3O3. The summed E-state index contributed by atoms with van der Waals surface area (Å²) in [6.07, 6.45) is -2.29. The molecule has 0 bridgehead atoms. The van der Waals surface area contributed by atoms with Crippen molar-refractivity contribution in [3.63, 3.8) is 0 Å². The Hall–Kier alpha value is -1.56. The zero-order chi connectivity index (χ0) is 12.3. The van der Waals surface area contributed by atoms with Crippen LogP contribution < -0.4 is 0 Å². The molecular weight excluding hydrogens is 225 g/mol. The molecule has 0 aliphatic rings. The Morgan fingerprint density at radius 1 is 1.38 bits per heavy atom. The van der Waals surface area contributed by atoms with Gasteiger partial charge in [-0.3, -0.25) is 0 Å². The smallest absolute Gasteiger partial charge is 0.335 e. The van der Waals surface area contributed by atoms with Gasteiger partial charge in [-0.05, 0) is 0 Å². The van der Waals surface area contributed by atoms with Crippen LogP contribution in [0.25, 0.3) is 0 Å². The summed E-state index contributed by atoms with van der Waals surface area (Å²) in [5.74, 6) is -4.38. The predicted octanol–water partition coefficient (Wildman–Crippen LogP) is 1.18. The van der Waals surface area contributed by atoms with Crippen LogP contribution in [0.5, 0.6) is 0 Å². The molecule has 0 aromatic heterocycles. The van der Waals surface area contributed by atoms with E-state index in [4.69, 9.17) is 0 Å². The zero-order valence-electron chi connectivity index (χ0n) is 8.34. The van der Waals surface area contributed by atoms with Crippen molar-refractivity contribution in [2.45, 2.75) is 12.5 Å². The number of carbonyl (C=O) groups is 1. The van der Waals surface area contributed by atoms with E-state index in [2.05, 4.69) is 4.74 Å². The number of methoxy groups -OCH3 is 1. The Balaban J connectivity index is 2.93. The molecule has 1 aromatic rings. The third kappa shape index (κ3) is 2.73. The van der Waals surface area contributed by atoms with Crippen molar-refractivity contribution in [2.24, 2.45) is 0 Å². The minimum Gasteiger partial charge on any atom is -0.467 e. The maximum absolute atomic E-state index is 13.1. The van der Waals surface area contributed by atoms with Gasteiger partial charge in [-0.2, -0.15) is 0 Å². The molecule has 1 unspecified atom stereocenters. The number of aliphatic hydroxyl groups is 1. The minimum atomic E-state index is -1.68. The van der Waals surface area contributed by atoms with Crippen LogP contribution in [0.15, 0.2) is 12.1 Å². The Morgan fingerprint density at radius 3 is 2.31 bits per heavy atom. The lowest BCUT2D eigenvalue weighted by Gasteiger charge is -2.09. The van der Waals surface area contributed by atoms with E-state index in [1.807, 2.05) is 0 Å². The van der Waals surface area contributed by atoms with Crippen LogP contribution in [0.3, 0.4) is 0 Å². The Morgan fingerprint density at radius 2 is 1.88 bits per heavy atom. The average molecular weight is 234 g/mol. The van der Waals surface area contributed by atoms with Crippen LogP contribution in [0.2, 0.25) is 0 Å². The fourth-order valence-electron chi connectivity index (χ4n) is 1.18. The van der Waals surface area contributed by atoms with Crippen LogP contribution in [-0.4, -0.2) is 24.3 Å². The summed E-state index contributed by atoms with van der Waals surface area (Å²) in [6, 6.07) is 0.949. The molecule has 6 heteroatoms. The summed E-state index contributed by atoms with van der Waals surface area (Å²) in [4.78, 5) is 10.8. The van der Waals surface area contributed by atoms with E-state index < -0.39 is 41.5 Å². The van der Waals surface area contributed by atoms with Gasteiger partial charge in [0.15, 0.2) is 6.10 Å². The largest absolute Gasteiger partial charge is 0.467 e. The van der Waals surface area contributed by atoms with E-state index in [9.17, 15) is 23.1 Å². The number of ether oxygens (including phenoxy) is 1. The van der Waals surface area contributed by atoms with Gasteiger partial charge in [-0.1, -0.05) is 0 Å². The average Bonchev–Trinajstić information content (AvgIpc) is 2.21. The summed E-state index contributed by atoms with van der Waals surface area (Å²) >= 11 is 0. The number of esters is 1. The highest BCUT2D eigenvalue weighted by molar-refractivity contribution is 5.74. The first-order valence-electron chi connectivity index (χ1n) is 4.35. The summed E-state index contributed by atoms with van der Waals surface area (Å²) in [5.41, 5.74) is -0.556. The predicted molar refractivity (Wildman–Crippen MR) is 48.0 cm³/mol. The maximum Gasteiger partial charge on any atom is 0.335 e. The lowest BCUT2D eigenvalue weighted by molar-refractivity contribution is -0.150. The quantitative estimate of drug-likeness (QED) is 0.799. The highest BCUT2D eigenvalue weighted by atomic mass is 19.1. The number of benzene rings is 1. The van der Waals surface area contributed by atoms with E-state index in [1.54, 1.807) is 0 Å². The van der Waals surface area contributed by atoms with Crippen LogP contribution in [0.4, 0.5) is 13.2 Å². The lowest BCUT2D eigenvalue weighted by Crippen LogP contribution is -2.25. The van der Waals surface area contributed by atoms with Gasteiger partial charge in [0.05, 0.1) is 7.11 Å². The van der Waals surface area contributed by atoms with Gasteiger partial charge in [0.25, 0.3) is 0 Å². The van der Waals surface area contributed by atoms with Crippen molar-refractivity contribution in [3.8, 4) is 0 Å². The van der Waals surface area contributed by atoms with E-state index in [0.29, 0.717) is 12.1 Å². The zero-order valence-corrected chi connectivity index (χ0v) is 8.34. The molecule has 0 radical (unpaired) electrons. The second-order valence-electron chi connectivity index (χ2n) is 3.09. The molecule has 0 heterocycles. The molecule has 88 valence electrons. The molecule has 1 N–H and O–H groups in total. The van der Waals surface area contributed by atoms with Crippen molar-refractivity contribution in [1.29, 1.82) is 0 Å². The van der Waals surface area contributed by atoms with Gasteiger partial charge in [-0.15, -0.1) is 0 Å². The topological polar surface area (TPSA) is 46.5 Å². The van der Waals surface area contributed by atoms with Crippen LogP contribution in [0, 0.1) is 17.5 Å². The van der Waals surface area contributed by atoms with Crippen LogP contribution >= 0.6 is 0 Å². The molecule has 0 fully saturated rings. The molecule has 0 aliphatic carbocycles. The van der Waals surface area contributed by atoms with Crippen molar-refractivity contribution in [1.82, 2.24) is 0 Å². The second-order valence-corrected chi connectivity index (χ2v) is 3.09.